The van der Waals surface area contributed by atoms with E-state index >= 15 is 0 Å². The van der Waals surface area contributed by atoms with E-state index in [1.165, 1.54) is 0 Å². The highest BCUT2D eigenvalue weighted by Crippen LogP contribution is 2.26. The van der Waals surface area contributed by atoms with Crippen molar-refractivity contribution in [2.45, 2.75) is 13.0 Å². The summed E-state index contributed by atoms with van der Waals surface area (Å²) in [5, 5.41) is 9.09. The first kappa shape index (κ1) is 11.8. The first-order valence-corrected chi connectivity index (χ1v) is 4.90. The lowest BCUT2D eigenvalue weighted by atomic mass is 10.2. The predicted octanol–water partition coefficient (Wildman–Crippen LogP) is 2.63. The Morgan fingerprint density at radius 1 is 1.53 bits per heavy atom. The molecule has 0 aliphatic heterocycles. The van der Waals surface area contributed by atoms with E-state index in [9.17, 15) is 0 Å². The standard InChI is InChI=1S/C11H12ClNO2/c1-8(7-14-2)15-11-4-3-9(6-13)5-10(11)12/h3-5,8H,7H2,1-2H3. The van der Waals surface area contributed by atoms with Crippen LogP contribution in [0.25, 0.3) is 0 Å². The van der Waals surface area contributed by atoms with E-state index in [4.69, 9.17) is 26.3 Å². The number of benzene rings is 1. The average molecular weight is 226 g/mol. The molecule has 0 aromatic heterocycles. The van der Waals surface area contributed by atoms with E-state index in [1.807, 2.05) is 13.0 Å². The number of halogens is 1. The molecule has 15 heavy (non-hydrogen) atoms. The van der Waals surface area contributed by atoms with Crippen LogP contribution in [-0.2, 0) is 4.74 Å². The lowest BCUT2D eigenvalue weighted by molar-refractivity contribution is 0.0921. The van der Waals surface area contributed by atoms with Crippen molar-refractivity contribution in [3.8, 4) is 11.8 Å². The highest BCUT2D eigenvalue weighted by molar-refractivity contribution is 6.32. The van der Waals surface area contributed by atoms with Gasteiger partial charge in [0.2, 0.25) is 0 Å². The molecule has 4 heteroatoms. The Hall–Kier alpha value is -1.24. The van der Waals surface area contributed by atoms with Crippen molar-refractivity contribution in [1.29, 1.82) is 5.26 Å². The van der Waals surface area contributed by atoms with E-state index < -0.39 is 0 Å². The molecular formula is C11H12ClNO2. The molecule has 0 saturated carbocycles. The van der Waals surface area contributed by atoms with Crippen molar-refractivity contribution in [1.82, 2.24) is 0 Å². The van der Waals surface area contributed by atoms with Crippen LogP contribution in [0.4, 0.5) is 0 Å². The van der Waals surface area contributed by atoms with E-state index in [0.717, 1.165) is 0 Å². The molecule has 0 heterocycles. The van der Waals surface area contributed by atoms with Gasteiger partial charge in [0.25, 0.3) is 0 Å². The van der Waals surface area contributed by atoms with Gasteiger partial charge in [0, 0.05) is 7.11 Å². The highest BCUT2D eigenvalue weighted by atomic mass is 35.5. The van der Waals surface area contributed by atoms with Crippen LogP contribution < -0.4 is 4.74 Å². The molecule has 0 radical (unpaired) electrons. The Bertz CT molecular complexity index is 373. The molecule has 0 aliphatic rings. The monoisotopic (exact) mass is 225 g/mol. The largest absolute Gasteiger partial charge is 0.487 e. The average Bonchev–Trinajstić information content (AvgIpc) is 2.21. The molecule has 1 rings (SSSR count). The smallest absolute Gasteiger partial charge is 0.138 e. The molecule has 0 amide bonds. The molecule has 1 aromatic rings. The fraction of sp³-hybridized carbons (Fsp3) is 0.364. The van der Waals surface area contributed by atoms with Crippen LogP contribution >= 0.6 is 11.6 Å². The summed E-state index contributed by atoms with van der Waals surface area (Å²) in [6.45, 7) is 2.38. The van der Waals surface area contributed by atoms with Gasteiger partial charge in [-0.2, -0.15) is 5.26 Å². The lowest BCUT2D eigenvalue weighted by Crippen LogP contribution is -2.18. The molecule has 80 valence electrons. The van der Waals surface area contributed by atoms with Gasteiger partial charge in [-0.1, -0.05) is 11.6 Å². The van der Waals surface area contributed by atoms with Gasteiger partial charge in [-0.05, 0) is 25.1 Å². The lowest BCUT2D eigenvalue weighted by Gasteiger charge is -2.14. The Kier molecular flexibility index (Phi) is 4.41. The second kappa shape index (κ2) is 5.59. The molecular weight excluding hydrogens is 214 g/mol. The first-order valence-electron chi connectivity index (χ1n) is 4.52. The predicted molar refractivity (Wildman–Crippen MR) is 58.1 cm³/mol. The van der Waals surface area contributed by atoms with E-state index in [1.54, 1.807) is 25.3 Å². The minimum absolute atomic E-state index is 0.0690. The normalized spacial score (nSPS) is 11.9. The van der Waals surface area contributed by atoms with Gasteiger partial charge in [-0.3, -0.25) is 0 Å². The zero-order chi connectivity index (χ0) is 11.3. The van der Waals surface area contributed by atoms with Gasteiger partial charge < -0.3 is 9.47 Å². The summed E-state index contributed by atoms with van der Waals surface area (Å²) in [5.41, 5.74) is 0.520. The van der Waals surface area contributed by atoms with Gasteiger partial charge in [-0.25, -0.2) is 0 Å². The molecule has 0 bridgehead atoms. The third kappa shape index (κ3) is 3.43. The summed E-state index contributed by atoms with van der Waals surface area (Å²) in [4.78, 5) is 0. The fourth-order valence-corrected chi connectivity index (χ4v) is 1.38. The molecule has 0 spiro atoms. The van der Waals surface area contributed by atoms with Crippen LogP contribution in [0, 0.1) is 11.3 Å². The Balaban J connectivity index is 2.74. The summed E-state index contributed by atoms with van der Waals surface area (Å²) in [7, 11) is 1.61. The van der Waals surface area contributed by atoms with Crippen LogP contribution in [-0.4, -0.2) is 19.8 Å². The molecule has 1 atom stereocenters. The highest BCUT2D eigenvalue weighted by Gasteiger charge is 2.07. The quantitative estimate of drug-likeness (QED) is 0.791. The minimum atomic E-state index is -0.0690. The van der Waals surface area contributed by atoms with Crippen molar-refractivity contribution in [2.75, 3.05) is 13.7 Å². The summed E-state index contributed by atoms with van der Waals surface area (Å²) in [6, 6.07) is 6.94. The van der Waals surface area contributed by atoms with Crippen molar-refractivity contribution in [2.24, 2.45) is 0 Å². The van der Waals surface area contributed by atoms with Crippen LogP contribution in [0.3, 0.4) is 0 Å². The number of hydrogen-bond acceptors (Lipinski definition) is 3. The molecule has 0 saturated heterocycles. The van der Waals surface area contributed by atoms with Gasteiger partial charge in [-0.15, -0.1) is 0 Å². The SMILES string of the molecule is COCC(C)Oc1ccc(C#N)cc1Cl. The second-order valence-electron chi connectivity index (χ2n) is 3.14. The number of nitrogens with zero attached hydrogens (tertiary/aromatic N) is 1. The number of nitriles is 1. The minimum Gasteiger partial charge on any atom is -0.487 e. The Morgan fingerprint density at radius 2 is 2.27 bits per heavy atom. The Labute approximate surface area is 94.2 Å². The van der Waals surface area contributed by atoms with Crippen molar-refractivity contribution < 1.29 is 9.47 Å². The molecule has 0 fully saturated rings. The zero-order valence-corrected chi connectivity index (χ0v) is 9.41. The van der Waals surface area contributed by atoms with Gasteiger partial charge in [0.15, 0.2) is 0 Å². The fourth-order valence-electron chi connectivity index (χ4n) is 1.15. The zero-order valence-electron chi connectivity index (χ0n) is 8.66. The number of ether oxygens (including phenoxy) is 2. The maximum absolute atomic E-state index is 8.65. The van der Waals surface area contributed by atoms with Crippen LogP contribution in [0.1, 0.15) is 12.5 Å². The number of hydrogen-bond donors (Lipinski definition) is 0. The van der Waals surface area contributed by atoms with E-state index in [-0.39, 0.29) is 6.10 Å². The maximum atomic E-state index is 8.65. The van der Waals surface area contributed by atoms with Gasteiger partial charge in [0.1, 0.15) is 11.9 Å². The Morgan fingerprint density at radius 3 is 2.80 bits per heavy atom. The van der Waals surface area contributed by atoms with Crippen LogP contribution in [0.2, 0.25) is 5.02 Å². The second-order valence-corrected chi connectivity index (χ2v) is 3.55. The molecule has 3 nitrogen and oxygen atoms in total. The molecule has 1 unspecified atom stereocenters. The molecule has 0 aliphatic carbocycles. The van der Waals surface area contributed by atoms with Crippen LogP contribution in [0.15, 0.2) is 18.2 Å². The van der Waals surface area contributed by atoms with E-state index in [0.29, 0.717) is 22.9 Å². The van der Waals surface area contributed by atoms with E-state index in [2.05, 4.69) is 0 Å². The van der Waals surface area contributed by atoms with Gasteiger partial charge in [0.05, 0.1) is 23.3 Å². The van der Waals surface area contributed by atoms with Crippen molar-refractivity contribution in [3.63, 3.8) is 0 Å². The van der Waals surface area contributed by atoms with Crippen molar-refractivity contribution in [3.05, 3.63) is 28.8 Å². The number of rotatable bonds is 4. The van der Waals surface area contributed by atoms with Crippen LogP contribution in [0.5, 0.6) is 5.75 Å². The topological polar surface area (TPSA) is 42.2 Å². The molecule has 1 aromatic carbocycles. The summed E-state index contributed by atoms with van der Waals surface area (Å²) in [6.07, 6.45) is -0.0690. The summed E-state index contributed by atoms with van der Waals surface area (Å²) in [5.74, 6) is 0.570. The third-order valence-corrected chi connectivity index (χ3v) is 2.09. The third-order valence-electron chi connectivity index (χ3n) is 1.79. The summed E-state index contributed by atoms with van der Waals surface area (Å²) < 4.78 is 10.5. The van der Waals surface area contributed by atoms with Crippen molar-refractivity contribution >= 4 is 11.6 Å². The molecule has 0 N–H and O–H groups in total. The number of methoxy groups -OCH3 is 1. The van der Waals surface area contributed by atoms with Gasteiger partial charge >= 0.3 is 0 Å². The maximum Gasteiger partial charge on any atom is 0.138 e. The summed E-state index contributed by atoms with van der Waals surface area (Å²) >= 11 is 5.94. The first-order chi connectivity index (χ1) is 7.17.